The van der Waals surface area contributed by atoms with Crippen molar-refractivity contribution in [2.75, 3.05) is 13.1 Å². The van der Waals surface area contributed by atoms with E-state index in [1.165, 1.54) is 17.7 Å². The van der Waals surface area contributed by atoms with Crippen LogP contribution in [-0.2, 0) is 6.54 Å². The van der Waals surface area contributed by atoms with E-state index in [4.69, 9.17) is 0 Å². The van der Waals surface area contributed by atoms with Gasteiger partial charge in [-0.1, -0.05) is 40.2 Å². The van der Waals surface area contributed by atoms with Gasteiger partial charge in [-0.05, 0) is 30.4 Å². The summed E-state index contributed by atoms with van der Waals surface area (Å²) in [6, 6.07) is 5.41. The predicted octanol–water partition coefficient (Wildman–Crippen LogP) is 3.23. The Hall–Kier alpha value is -0.930. The molecule has 3 unspecified atom stereocenters. The molecule has 0 aliphatic carbocycles. The quantitative estimate of drug-likeness (QED) is 0.902. The second-order valence-corrected chi connectivity index (χ2v) is 6.91. The number of nitrogens with one attached hydrogen (secondary N) is 1. The molecule has 0 radical (unpaired) electrons. The summed E-state index contributed by atoms with van der Waals surface area (Å²) in [6.07, 6.45) is 3.15. The number of hydrogen-bond donors (Lipinski definition) is 1. The molecular formula is C18H31N3. The van der Waals surface area contributed by atoms with Crippen molar-refractivity contribution in [3.05, 3.63) is 29.6 Å². The van der Waals surface area contributed by atoms with E-state index in [0.29, 0.717) is 18.0 Å². The molecule has 3 nitrogen and oxygen atoms in total. The van der Waals surface area contributed by atoms with E-state index in [0.717, 1.165) is 25.6 Å². The van der Waals surface area contributed by atoms with Crippen LogP contribution in [0.1, 0.15) is 45.4 Å². The van der Waals surface area contributed by atoms with Gasteiger partial charge >= 0.3 is 0 Å². The van der Waals surface area contributed by atoms with Crippen molar-refractivity contribution in [3.8, 4) is 0 Å². The fourth-order valence-corrected chi connectivity index (χ4v) is 3.19. The van der Waals surface area contributed by atoms with Gasteiger partial charge in [-0.15, -0.1) is 0 Å². The fourth-order valence-electron chi connectivity index (χ4n) is 3.19. The van der Waals surface area contributed by atoms with Gasteiger partial charge in [0.05, 0.1) is 5.69 Å². The van der Waals surface area contributed by atoms with Gasteiger partial charge in [-0.2, -0.15) is 0 Å². The smallest absolute Gasteiger partial charge is 0.0573 e. The molecule has 0 amide bonds. The van der Waals surface area contributed by atoms with Gasteiger partial charge in [-0.3, -0.25) is 9.88 Å². The van der Waals surface area contributed by atoms with Crippen LogP contribution in [-0.4, -0.2) is 35.1 Å². The van der Waals surface area contributed by atoms with Crippen LogP contribution in [0.3, 0.4) is 0 Å². The lowest BCUT2D eigenvalue weighted by atomic mass is 9.91. The molecule has 1 fully saturated rings. The average Bonchev–Trinajstić information content (AvgIpc) is 2.48. The van der Waals surface area contributed by atoms with Crippen molar-refractivity contribution in [3.63, 3.8) is 0 Å². The minimum absolute atomic E-state index is 0.592. The van der Waals surface area contributed by atoms with Gasteiger partial charge in [0.2, 0.25) is 0 Å². The van der Waals surface area contributed by atoms with E-state index in [2.05, 4.69) is 55.9 Å². The van der Waals surface area contributed by atoms with E-state index >= 15 is 0 Å². The SMILES string of the molecule is CCC(C)C1CNC(C(C)C)CN1Cc1ncccc1C. The zero-order chi connectivity index (χ0) is 15.4. The summed E-state index contributed by atoms with van der Waals surface area (Å²) in [5.74, 6) is 1.39. The Bertz CT molecular complexity index is 444. The Morgan fingerprint density at radius 3 is 2.76 bits per heavy atom. The van der Waals surface area contributed by atoms with E-state index < -0.39 is 0 Å². The summed E-state index contributed by atoms with van der Waals surface area (Å²) in [5, 5.41) is 3.75. The van der Waals surface area contributed by atoms with Crippen molar-refractivity contribution in [1.29, 1.82) is 0 Å². The molecule has 2 heterocycles. The topological polar surface area (TPSA) is 28.2 Å². The first-order chi connectivity index (χ1) is 10.0. The molecule has 2 rings (SSSR count). The number of aryl methyl sites for hydroxylation is 1. The molecule has 0 saturated carbocycles. The van der Waals surface area contributed by atoms with Gasteiger partial charge < -0.3 is 5.32 Å². The summed E-state index contributed by atoms with van der Waals surface area (Å²) < 4.78 is 0. The molecule has 0 spiro atoms. The maximum Gasteiger partial charge on any atom is 0.0573 e. The van der Waals surface area contributed by atoms with Crippen molar-refractivity contribution in [2.45, 2.75) is 59.7 Å². The van der Waals surface area contributed by atoms with Crippen LogP contribution < -0.4 is 5.32 Å². The molecule has 3 atom stereocenters. The third kappa shape index (κ3) is 4.04. The van der Waals surface area contributed by atoms with Gasteiger partial charge in [-0.25, -0.2) is 0 Å². The first kappa shape index (κ1) is 16.4. The fraction of sp³-hybridized carbons (Fsp3) is 0.722. The van der Waals surface area contributed by atoms with Crippen LogP contribution in [0.2, 0.25) is 0 Å². The van der Waals surface area contributed by atoms with Gasteiger partial charge in [0.1, 0.15) is 0 Å². The largest absolute Gasteiger partial charge is 0.311 e. The molecule has 1 aliphatic rings. The molecule has 118 valence electrons. The first-order valence-electron chi connectivity index (χ1n) is 8.40. The highest BCUT2D eigenvalue weighted by atomic mass is 15.2. The number of aromatic nitrogens is 1. The molecule has 0 aromatic carbocycles. The Balaban J connectivity index is 2.15. The van der Waals surface area contributed by atoms with Crippen molar-refractivity contribution in [2.24, 2.45) is 11.8 Å². The van der Waals surface area contributed by atoms with Crippen LogP contribution in [0.15, 0.2) is 18.3 Å². The molecule has 1 N–H and O–H groups in total. The van der Waals surface area contributed by atoms with Crippen LogP contribution in [0.5, 0.6) is 0 Å². The van der Waals surface area contributed by atoms with Gasteiger partial charge in [0.15, 0.2) is 0 Å². The third-order valence-corrected chi connectivity index (χ3v) is 5.07. The highest BCUT2D eigenvalue weighted by Gasteiger charge is 2.32. The maximum atomic E-state index is 4.60. The Kier molecular flexibility index (Phi) is 5.77. The summed E-state index contributed by atoms with van der Waals surface area (Å²) in [4.78, 5) is 7.26. The monoisotopic (exact) mass is 289 g/mol. The maximum absolute atomic E-state index is 4.60. The first-order valence-corrected chi connectivity index (χ1v) is 8.40. The van der Waals surface area contributed by atoms with E-state index in [1.807, 2.05) is 12.3 Å². The molecular weight excluding hydrogens is 258 g/mol. The van der Waals surface area contributed by atoms with Gasteiger partial charge in [0.25, 0.3) is 0 Å². The third-order valence-electron chi connectivity index (χ3n) is 5.07. The van der Waals surface area contributed by atoms with Crippen LogP contribution in [0.25, 0.3) is 0 Å². The lowest BCUT2D eigenvalue weighted by Crippen LogP contribution is -2.59. The summed E-state index contributed by atoms with van der Waals surface area (Å²) >= 11 is 0. The standard InChI is InChI=1S/C18H31N3/c1-6-14(4)18-10-20-16(13(2)3)11-21(18)12-17-15(5)8-7-9-19-17/h7-9,13-14,16,18,20H,6,10-12H2,1-5H3. The number of piperazine rings is 1. The second kappa shape index (κ2) is 7.37. The molecule has 1 aromatic heterocycles. The van der Waals surface area contributed by atoms with Crippen LogP contribution >= 0.6 is 0 Å². The van der Waals surface area contributed by atoms with Crippen LogP contribution in [0.4, 0.5) is 0 Å². The van der Waals surface area contributed by atoms with Crippen LogP contribution in [0, 0.1) is 18.8 Å². The zero-order valence-electron chi connectivity index (χ0n) is 14.3. The van der Waals surface area contributed by atoms with Gasteiger partial charge in [0, 0.05) is 37.9 Å². The van der Waals surface area contributed by atoms with Crippen molar-refractivity contribution < 1.29 is 0 Å². The average molecular weight is 289 g/mol. The minimum atomic E-state index is 0.592. The number of rotatable bonds is 5. The van der Waals surface area contributed by atoms with E-state index in [1.54, 1.807) is 0 Å². The predicted molar refractivity (Wildman–Crippen MR) is 89.3 cm³/mol. The summed E-state index contributed by atoms with van der Waals surface area (Å²) in [7, 11) is 0. The summed E-state index contributed by atoms with van der Waals surface area (Å²) in [5.41, 5.74) is 2.54. The normalized spacial score (nSPS) is 25.2. The lowest BCUT2D eigenvalue weighted by Gasteiger charge is -2.44. The molecule has 3 heteroatoms. The summed E-state index contributed by atoms with van der Waals surface area (Å²) in [6.45, 7) is 14.7. The lowest BCUT2D eigenvalue weighted by molar-refractivity contribution is 0.0710. The molecule has 0 bridgehead atoms. The molecule has 21 heavy (non-hydrogen) atoms. The Labute approximate surface area is 130 Å². The van der Waals surface area contributed by atoms with Crippen molar-refractivity contribution in [1.82, 2.24) is 15.2 Å². The van der Waals surface area contributed by atoms with Crippen molar-refractivity contribution >= 4 is 0 Å². The number of pyridine rings is 1. The zero-order valence-corrected chi connectivity index (χ0v) is 14.3. The minimum Gasteiger partial charge on any atom is -0.311 e. The van der Waals surface area contributed by atoms with E-state index in [9.17, 15) is 0 Å². The Morgan fingerprint density at radius 1 is 1.38 bits per heavy atom. The molecule has 1 saturated heterocycles. The second-order valence-electron chi connectivity index (χ2n) is 6.91. The molecule has 1 aromatic rings. The number of hydrogen-bond acceptors (Lipinski definition) is 3. The Morgan fingerprint density at radius 2 is 2.14 bits per heavy atom. The molecule has 1 aliphatic heterocycles. The van der Waals surface area contributed by atoms with E-state index in [-0.39, 0.29) is 0 Å². The highest BCUT2D eigenvalue weighted by Crippen LogP contribution is 2.22. The number of nitrogens with zero attached hydrogens (tertiary/aromatic N) is 2. The highest BCUT2D eigenvalue weighted by molar-refractivity contribution is 5.17.